The second kappa shape index (κ2) is 5.79. The first kappa shape index (κ1) is 16.0. The maximum absolute atomic E-state index is 11.8. The molecular weight excluding hydrogens is 302 g/mol. The average Bonchev–Trinajstić information content (AvgIpc) is 2.74. The van der Waals surface area contributed by atoms with E-state index in [1.807, 2.05) is 4.98 Å². The van der Waals surface area contributed by atoms with Gasteiger partial charge in [0, 0.05) is 4.91 Å². The number of aromatic nitrogens is 2. The number of H-pyrrole nitrogens is 1. The highest BCUT2D eigenvalue weighted by molar-refractivity contribution is 5.13. The third-order valence-corrected chi connectivity index (χ3v) is 3.27. The molecule has 2 rings (SSSR count). The predicted octanol–water partition coefficient (Wildman–Crippen LogP) is -2.21. The Balaban J connectivity index is 2.53. The van der Waals surface area contributed by atoms with E-state index in [1.165, 1.54) is 7.11 Å². The van der Waals surface area contributed by atoms with Gasteiger partial charge in [-0.25, -0.2) is 4.79 Å². The van der Waals surface area contributed by atoms with Crippen LogP contribution in [0.25, 0.3) is 10.4 Å². The minimum absolute atomic E-state index is 0.241. The highest BCUT2D eigenvalue weighted by atomic mass is 16.6. The summed E-state index contributed by atoms with van der Waals surface area (Å²) in [4.78, 5) is 27.6. The molecule has 120 valence electrons. The maximum Gasteiger partial charge on any atom is 0.330 e. The molecule has 1 aliphatic heterocycles. The molecule has 0 radical (unpaired) electrons. The Kier molecular flexibility index (Phi) is 4.21. The van der Waals surface area contributed by atoms with Crippen LogP contribution in [-0.4, -0.2) is 56.5 Å². The largest absolute Gasteiger partial charge is 0.490 e. The van der Waals surface area contributed by atoms with Crippen molar-refractivity contribution in [2.45, 2.75) is 24.2 Å². The molecular formula is C10H13N5O7. The Hall–Kier alpha value is -2.37. The van der Waals surface area contributed by atoms with Crippen molar-refractivity contribution in [3.05, 3.63) is 37.5 Å². The van der Waals surface area contributed by atoms with Gasteiger partial charge >= 0.3 is 5.69 Å². The standard InChI is InChI=1S/C10H13N5O7/c1-21-4-2-15(9(20)12-7(4)19)8-5(17)6(18)10(3-16,22-8)13-14-11/h2,5-6,8,16-18H,3H2,1H3,(H,12,19,20)/t5-,6?,8+,10+/m0/s1. The number of rotatable bonds is 4. The van der Waals surface area contributed by atoms with Crippen LogP contribution in [0.15, 0.2) is 20.9 Å². The van der Waals surface area contributed by atoms with Gasteiger partial charge < -0.3 is 24.8 Å². The van der Waals surface area contributed by atoms with Crippen molar-refractivity contribution in [3.63, 3.8) is 0 Å². The summed E-state index contributed by atoms with van der Waals surface area (Å²) in [6.45, 7) is -0.930. The molecule has 0 amide bonds. The Bertz CT molecular complexity index is 723. The molecule has 0 spiro atoms. The molecule has 1 saturated heterocycles. The lowest BCUT2D eigenvalue weighted by molar-refractivity contribution is -0.125. The van der Waals surface area contributed by atoms with E-state index in [1.54, 1.807) is 0 Å². The van der Waals surface area contributed by atoms with Crippen LogP contribution in [0, 0.1) is 0 Å². The van der Waals surface area contributed by atoms with E-state index in [0.717, 1.165) is 10.8 Å². The van der Waals surface area contributed by atoms with E-state index >= 15 is 0 Å². The molecule has 1 aromatic rings. The molecule has 1 aliphatic rings. The zero-order valence-corrected chi connectivity index (χ0v) is 11.3. The maximum atomic E-state index is 11.8. The summed E-state index contributed by atoms with van der Waals surface area (Å²) in [5, 5.41) is 32.4. The van der Waals surface area contributed by atoms with Gasteiger partial charge in [-0.1, -0.05) is 5.11 Å². The van der Waals surface area contributed by atoms with E-state index in [2.05, 4.69) is 10.0 Å². The van der Waals surface area contributed by atoms with Crippen molar-refractivity contribution in [1.82, 2.24) is 9.55 Å². The Morgan fingerprint density at radius 2 is 2.27 bits per heavy atom. The highest BCUT2D eigenvalue weighted by Crippen LogP contribution is 2.37. The molecule has 2 heterocycles. The van der Waals surface area contributed by atoms with Crippen molar-refractivity contribution in [2.75, 3.05) is 13.7 Å². The average molecular weight is 315 g/mol. The van der Waals surface area contributed by atoms with Gasteiger partial charge in [-0.3, -0.25) is 14.3 Å². The number of methoxy groups -OCH3 is 1. The topological polar surface area (TPSA) is 183 Å². The fourth-order valence-corrected chi connectivity index (χ4v) is 2.11. The van der Waals surface area contributed by atoms with Crippen LogP contribution < -0.4 is 16.0 Å². The summed E-state index contributed by atoms with van der Waals surface area (Å²) >= 11 is 0. The minimum Gasteiger partial charge on any atom is -0.490 e. The van der Waals surface area contributed by atoms with Crippen molar-refractivity contribution >= 4 is 0 Å². The molecule has 0 aliphatic carbocycles. The van der Waals surface area contributed by atoms with Crippen LogP contribution in [0.2, 0.25) is 0 Å². The number of nitrogens with zero attached hydrogens (tertiary/aromatic N) is 4. The van der Waals surface area contributed by atoms with Gasteiger partial charge in [-0.15, -0.1) is 0 Å². The van der Waals surface area contributed by atoms with Crippen LogP contribution in [0.3, 0.4) is 0 Å². The first-order chi connectivity index (χ1) is 10.4. The summed E-state index contributed by atoms with van der Waals surface area (Å²) < 4.78 is 10.7. The van der Waals surface area contributed by atoms with Gasteiger partial charge in [0.05, 0.1) is 19.9 Å². The molecule has 12 nitrogen and oxygen atoms in total. The molecule has 0 bridgehead atoms. The predicted molar refractivity (Wildman–Crippen MR) is 69.0 cm³/mol. The van der Waals surface area contributed by atoms with Crippen LogP contribution in [0.1, 0.15) is 6.23 Å². The number of nitrogens with one attached hydrogen (secondary N) is 1. The van der Waals surface area contributed by atoms with Crippen LogP contribution in [0.5, 0.6) is 5.75 Å². The number of ether oxygens (including phenoxy) is 2. The Morgan fingerprint density at radius 3 is 2.82 bits per heavy atom. The second-order valence-corrected chi connectivity index (χ2v) is 4.50. The fraction of sp³-hybridized carbons (Fsp3) is 0.600. The molecule has 0 aromatic carbocycles. The quantitative estimate of drug-likeness (QED) is 0.276. The Labute approximate surface area is 121 Å². The smallest absolute Gasteiger partial charge is 0.330 e. The van der Waals surface area contributed by atoms with Crippen molar-refractivity contribution in [3.8, 4) is 5.75 Å². The van der Waals surface area contributed by atoms with E-state index in [0.29, 0.717) is 0 Å². The normalized spacial score (nSPS) is 30.8. The van der Waals surface area contributed by atoms with E-state index in [9.17, 15) is 24.9 Å². The third kappa shape index (κ3) is 2.34. The molecule has 4 atom stereocenters. The number of aliphatic hydroxyl groups excluding tert-OH is 3. The van der Waals surface area contributed by atoms with Crippen LogP contribution in [0.4, 0.5) is 0 Å². The number of azide groups is 1. The van der Waals surface area contributed by atoms with Gasteiger partial charge in [-0.05, 0) is 5.53 Å². The van der Waals surface area contributed by atoms with Crippen molar-refractivity contribution in [1.29, 1.82) is 0 Å². The lowest BCUT2D eigenvalue weighted by Crippen LogP contribution is -2.44. The molecule has 22 heavy (non-hydrogen) atoms. The third-order valence-electron chi connectivity index (χ3n) is 3.27. The zero-order chi connectivity index (χ0) is 16.5. The zero-order valence-electron chi connectivity index (χ0n) is 11.3. The lowest BCUT2D eigenvalue weighted by Gasteiger charge is -2.23. The van der Waals surface area contributed by atoms with Crippen molar-refractivity contribution in [2.24, 2.45) is 5.11 Å². The SMILES string of the molecule is COc1cn([C@@H]2O[C@@](CO)(N=[N+]=[N-])C(O)[C@@H]2O)c(=O)[nH]c1=O. The summed E-state index contributed by atoms with van der Waals surface area (Å²) in [6, 6.07) is 0. The summed E-state index contributed by atoms with van der Waals surface area (Å²) in [6.07, 6.45) is -4.04. The molecule has 12 heteroatoms. The summed E-state index contributed by atoms with van der Waals surface area (Å²) in [7, 11) is 1.19. The summed E-state index contributed by atoms with van der Waals surface area (Å²) in [5.74, 6) is -0.241. The van der Waals surface area contributed by atoms with Gasteiger partial charge in [0.2, 0.25) is 11.5 Å². The molecule has 1 aromatic heterocycles. The molecule has 4 N–H and O–H groups in total. The highest BCUT2D eigenvalue weighted by Gasteiger charge is 2.55. The lowest BCUT2D eigenvalue weighted by atomic mass is 10.1. The van der Waals surface area contributed by atoms with Gasteiger partial charge in [0.1, 0.15) is 12.2 Å². The first-order valence-electron chi connectivity index (χ1n) is 6.00. The van der Waals surface area contributed by atoms with Crippen LogP contribution >= 0.6 is 0 Å². The van der Waals surface area contributed by atoms with E-state index in [-0.39, 0.29) is 5.75 Å². The van der Waals surface area contributed by atoms with Gasteiger partial charge in [-0.2, -0.15) is 0 Å². The van der Waals surface area contributed by atoms with E-state index < -0.39 is 42.0 Å². The Morgan fingerprint density at radius 1 is 1.59 bits per heavy atom. The van der Waals surface area contributed by atoms with Crippen LogP contribution in [-0.2, 0) is 4.74 Å². The fourth-order valence-electron chi connectivity index (χ4n) is 2.11. The monoisotopic (exact) mass is 315 g/mol. The first-order valence-corrected chi connectivity index (χ1v) is 6.00. The molecule has 1 unspecified atom stereocenters. The number of hydrogen-bond acceptors (Lipinski definition) is 8. The molecule has 0 saturated carbocycles. The molecule has 1 fully saturated rings. The number of aliphatic hydroxyl groups is 3. The van der Waals surface area contributed by atoms with Crippen molar-refractivity contribution < 1.29 is 24.8 Å². The summed E-state index contributed by atoms with van der Waals surface area (Å²) in [5.41, 5.74) is 4.61. The minimum atomic E-state index is -2.15. The van der Waals surface area contributed by atoms with Gasteiger partial charge in [0.25, 0.3) is 5.56 Å². The van der Waals surface area contributed by atoms with Gasteiger partial charge in [0.15, 0.2) is 6.23 Å². The number of aromatic amines is 1. The van der Waals surface area contributed by atoms with E-state index in [4.69, 9.17) is 15.0 Å². The number of hydrogen-bond donors (Lipinski definition) is 4. The second-order valence-electron chi connectivity index (χ2n) is 4.50.